The molecule has 1 rings (SSSR count). The van der Waals surface area contributed by atoms with Crippen LogP contribution in [0.5, 0.6) is 0 Å². The van der Waals surface area contributed by atoms with Crippen LogP contribution < -0.4 is 0 Å². The van der Waals surface area contributed by atoms with Crippen molar-refractivity contribution >= 4 is 11.7 Å². The second kappa shape index (κ2) is 4.56. The van der Waals surface area contributed by atoms with Crippen LogP contribution in [0.15, 0.2) is 18.3 Å². The summed E-state index contributed by atoms with van der Waals surface area (Å²) in [5.41, 5.74) is -0.129. The molecule has 1 aromatic heterocycles. The Morgan fingerprint density at radius 2 is 2.38 bits per heavy atom. The molecule has 0 aromatic carbocycles. The van der Waals surface area contributed by atoms with Gasteiger partial charge in [0.25, 0.3) is 0 Å². The summed E-state index contributed by atoms with van der Waals surface area (Å²) in [5, 5.41) is 22.9. The topological polar surface area (TPSA) is 98.3 Å². The molecule has 7 heteroatoms. The van der Waals surface area contributed by atoms with E-state index < -0.39 is 22.3 Å². The Balaban J connectivity index is 2.97. The first kappa shape index (κ1) is 11.9. The third kappa shape index (κ3) is 2.66. The highest BCUT2D eigenvalue weighted by Crippen LogP contribution is 2.17. The summed E-state index contributed by atoms with van der Waals surface area (Å²) in [7, 11) is 0. The lowest BCUT2D eigenvalue weighted by molar-refractivity contribution is -0.385. The molecule has 0 bridgehead atoms. The van der Waals surface area contributed by atoms with E-state index >= 15 is 0 Å². The van der Waals surface area contributed by atoms with E-state index in [-0.39, 0.29) is 0 Å². The number of allylic oxidation sites excluding steroid dienone is 1. The minimum absolute atomic E-state index is 0.378. The molecule has 0 spiro atoms. The fraction of sp³-hybridized carbons (Fsp3) is 0.333. The van der Waals surface area contributed by atoms with E-state index in [0.29, 0.717) is 13.0 Å². The van der Waals surface area contributed by atoms with Crippen molar-refractivity contribution in [2.75, 3.05) is 0 Å². The number of carboxylic acids is 1. The molecule has 0 aliphatic heterocycles. The van der Waals surface area contributed by atoms with Crippen LogP contribution in [0, 0.1) is 10.1 Å². The van der Waals surface area contributed by atoms with E-state index in [1.165, 1.54) is 4.68 Å². The first-order chi connectivity index (χ1) is 7.41. The molecule has 0 aliphatic carbocycles. The lowest BCUT2D eigenvalue weighted by atomic mass is 10.2. The third-order valence-corrected chi connectivity index (χ3v) is 1.91. The number of hydrogen-bond acceptors (Lipinski definition) is 4. The summed E-state index contributed by atoms with van der Waals surface area (Å²) >= 11 is 0. The first-order valence-corrected chi connectivity index (χ1v) is 4.51. The number of aromatic carboxylic acids is 1. The number of carbonyl (C=O) groups is 1. The maximum atomic E-state index is 10.7. The van der Waals surface area contributed by atoms with E-state index in [2.05, 4.69) is 11.7 Å². The van der Waals surface area contributed by atoms with E-state index in [0.717, 1.165) is 11.8 Å². The zero-order valence-electron chi connectivity index (χ0n) is 8.71. The molecule has 16 heavy (non-hydrogen) atoms. The molecule has 7 nitrogen and oxygen atoms in total. The fourth-order valence-corrected chi connectivity index (χ4v) is 1.12. The number of carboxylic acid groups (broad SMARTS) is 1. The summed E-state index contributed by atoms with van der Waals surface area (Å²) in [4.78, 5) is 20.5. The molecule has 0 fully saturated rings. The van der Waals surface area contributed by atoms with Crippen LogP contribution in [0.2, 0.25) is 0 Å². The van der Waals surface area contributed by atoms with E-state index in [1.807, 2.05) is 6.92 Å². The van der Waals surface area contributed by atoms with Gasteiger partial charge in [0.05, 0.1) is 4.92 Å². The summed E-state index contributed by atoms with van der Waals surface area (Å²) in [6.07, 6.45) is 1.71. The average Bonchev–Trinajstić information content (AvgIpc) is 2.58. The Morgan fingerprint density at radius 1 is 1.75 bits per heavy atom. The van der Waals surface area contributed by atoms with Gasteiger partial charge in [0, 0.05) is 6.54 Å². The van der Waals surface area contributed by atoms with Crippen molar-refractivity contribution in [2.45, 2.75) is 19.9 Å². The van der Waals surface area contributed by atoms with E-state index in [9.17, 15) is 14.9 Å². The van der Waals surface area contributed by atoms with Gasteiger partial charge in [-0.2, -0.15) is 5.10 Å². The van der Waals surface area contributed by atoms with Gasteiger partial charge in [-0.15, -0.1) is 6.58 Å². The average molecular weight is 225 g/mol. The predicted octanol–water partition coefficient (Wildman–Crippen LogP) is 1.46. The molecule has 0 saturated carbocycles. The molecule has 0 aliphatic rings. The Morgan fingerprint density at radius 3 is 2.75 bits per heavy atom. The molecule has 0 saturated heterocycles. The van der Waals surface area contributed by atoms with Crippen LogP contribution in [0.4, 0.5) is 5.69 Å². The van der Waals surface area contributed by atoms with Gasteiger partial charge >= 0.3 is 11.7 Å². The molecule has 1 N–H and O–H groups in total. The Kier molecular flexibility index (Phi) is 3.39. The SMILES string of the molecule is C=C(C)CCn1cc([N+](=O)[O-])c(C(=O)O)n1. The summed E-state index contributed by atoms with van der Waals surface area (Å²) < 4.78 is 1.25. The van der Waals surface area contributed by atoms with Crippen molar-refractivity contribution in [1.82, 2.24) is 9.78 Å². The van der Waals surface area contributed by atoms with Crippen molar-refractivity contribution in [1.29, 1.82) is 0 Å². The molecule has 86 valence electrons. The largest absolute Gasteiger partial charge is 0.476 e. The lowest BCUT2D eigenvalue weighted by Gasteiger charge is -1.98. The highest BCUT2D eigenvalue weighted by atomic mass is 16.6. The minimum Gasteiger partial charge on any atom is -0.476 e. The second-order valence-corrected chi connectivity index (χ2v) is 3.40. The first-order valence-electron chi connectivity index (χ1n) is 4.51. The van der Waals surface area contributed by atoms with Gasteiger partial charge in [0.2, 0.25) is 5.69 Å². The maximum absolute atomic E-state index is 10.7. The third-order valence-electron chi connectivity index (χ3n) is 1.91. The zero-order chi connectivity index (χ0) is 12.3. The van der Waals surface area contributed by atoms with Crippen molar-refractivity contribution in [3.8, 4) is 0 Å². The number of rotatable bonds is 5. The van der Waals surface area contributed by atoms with Crippen LogP contribution >= 0.6 is 0 Å². The zero-order valence-corrected chi connectivity index (χ0v) is 8.71. The molecule has 0 atom stereocenters. The maximum Gasteiger partial charge on any atom is 0.363 e. The number of aryl methyl sites for hydroxylation is 1. The highest BCUT2D eigenvalue weighted by Gasteiger charge is 2.24. The van der Waals surface area contributed by atoms with Gasteiger partial charge in [-0.1, -0.05) is 5.57 Å². The summed E-state index contributed by atoms with van der Waals surface area (Å²) in [6.45, 7) is 5.87. The highest BCUT2D eigenvalue weighted by molar-refractivity contribution is 5.89. The van der Waals surface area contributed by atoms with Gasteiger partial charge in [-0.3, -0.25) is 14.8 Å². The second-order valence-electron chi connectivity index (χ2n) is 3.40. The predicted molar refractivity (Wildman–Crippen MR) is 55.3 cm³/mol. The van der Waals surface area contributed by atoms with Crippen LogP contribution in [0.25, 0.3) is 0 Å². The summed E-state index contributed by atoms with van der Waals surface area (Å²) in [5.74, 6) is -1.40. The van der Waals surface area contributed by atoms with Gasteiger partial charge < -0.3 is 5.11 Å². The van der Waals surface area contributed by atoms with Crippen LogP contribution in [-0.2, 0) is 6.54 Å². The van der Waals surface area contributed by atoms with Crippen molar-refractivity contribution < 1.29 is 14.8 Å². The Bertz CT molecular complexity index is 418. The van der Waals surface area contributed by atoms with Gasteiger partial charge in [-0.25, -0.2) is 4.79 Å². The van der Waals surface area contributed by atoms with Crippen molar-refractivity contribution in [3.05, 3.63) is 34.2 Å². The molecule has 0 amide bonds. The smallest absolute Gasteiger partial charge is 0.363 e. The molecule has 0 radical (unpaired) electrons. The number of nitrogens with zero attached hydrogens (tertiary/aromatic N) is 3. The van der Waals surface area contributed by atoms with Crippen LogP contribution in [-0.4, -0.2) is 25.8 Å². The normalized spacial score (nSPS) is 10.1. The van der Waals surface area contributed by atoms with Crippen molar-refractivity contribution in [2.24, 2.45) is 0 Å². The number of nitro groups is 1. The molecule has 1 aromatic rings. The monoisotopic (exact) mass is 225 g/mol. The molecular formula is C9H11N3O4. The standard InChI is InChI=1S/C9H11N3O4/c1-6(2)3-4-11-5-7(12(15)16)8(10-11)9(13)14/h5H,1,3-4H2,2H3,(H,13,14). The van der Waals surface area contributed by atoms with Crippen molar-refractivity contribution in [3.63, 3.8) is 0 Å². The van der Waals surface area contributed by atoms with Gasteiger partial charge in [0.1, 0.15) is 6.20 Å². The molecular weight excluding hydrogens is 214 g/mol. The Labute approximate surface area is 91.1 Å². The summed E-state index contributed by atoms with van der Waals surface area (Å²) in [6, 6.07) is 0. The van der Waals surface area contributed by atoms with Gasteiger partial charge in [-0.05, 0) is 13.3 Å². The van der Waals surface area contributed by atoms with Gasteiger partial charge in [0.15, 0.2) is 0 Å². The Hall–Kier alpha value is -2.18. The quantitative estimate of drug-likeness (QED) is 0.464. The fourth-order valence-electron chi connectivity index (χ4n) is 1.12. The van der Waals surface area contributed by atoms with E-state index in [1.54, 1.807) is 0 Å². The van der Waals surface area contributed by atoms with Crippen LogP contribution in [0.3, 0.4) is 0 Å². The van der Waals surface area contributed by atoms with E-state index in [4.69, 9.17) is 5.11 Å². The minimum atomic E-state index is -1.40. The lowest BCUT2D eigenvalue weighted by Crippen LogP contribution is -2.04. The number of aromatic nitrogens is 2. The molecule has 1 heterocycles. The van der Waals surface area contributed by atoms with Crippen LogP contribution in [0.1, 0.15) is 23.8 Å². The number of hydrogen-bond donors (Lipinski definition) is 1. The molecule has 0 unspecified atom stereocenters.